The summed E-state index contributed by atoms with van der Waals surface area (Å²) in [6.07, 6.45) is 1.76. The average Bonchev–Trinajstić information content (AvgIpc) is 3.18. The number of para-hydroxylation sites is 2. The van der Waals surface area contributed by atoms with Crippen LogP contribution in [0, 0.1) is 12.8 Å². The van der Waals surface area contributed by atoms with Crippen molar-refractivity contribution in [2.75, 3.05) is 13.1 Å². The van der Waals surface area contributed by atoms with Crippen LogP contribution in [0.3, 0.4) is 0 Å². The van der Waals surface area contributed by atoms with Crippen LogP contribution in [0.15, 0.2) is 65.1 Å². The van der Waals surface area contributed by atoms with Crippen molar-refractivity contribution in [2.45, 2.75) is 58.7 Å². The molecule has 1 aliphatic heterocycles. The van der Waals surface area contributed by atoms with Gasteiger partial charge in [0.05, 0.1) is 23.8 Å². The minimum Gasteiger partial charge on any atom is -0.451 e. The summed E-state index contributed by atoms with van der Waals surface area (Å²) in [5.74, 6) is -0.460. The lowest BCUT2D eigenvalue weighted by molar-refractivity contribution is -0.129. The van der Waals surface area contributed by atoms with E-state index >= 15 is 0 Å². The molecule has 3 heterocycles. The van der Waals surface area contributed by atoms with Crippen molar-refractivity contribution < 1.29 is 18.8 Å². The van der Waals surface area contributed by atoms with E-state index in [9.17, 15) is 14.4 Å². The maximum atomic E-state index is 13.4. The molecule has 2 aromatic carbocycles. The fourth-order valence-electron chi connectivity index (χ4n) is 5.39. The molecule has 5 rings (SSSR count). The number of fused-ring (bicyclic) bond motifs is 2. The highest BCUT2D eigenvalue weighted by Crippen LogP contribution is 2.25. The van der Waals surface area contributed by atoms with Gasteiger partial charge in [0.2, 0.25) is 5.91 Å². The summed E-state index contributed by atoms with van der Waals surface area (Å²) in [6.45, 7) is 7.37. The summed E-state index contributed by atoms with van der Waals surface area (Å²) in [5, 5.41) is 7.76. The first-order chi connectivity index (χ1) is 19.3. The Morgan fingerprint density at radius 3 is 2.65 bits per heavy atom. The van der Waals surface area contributed by atoms with Crippen LogP contribution in [0.1, 0.15) is 54.9 Å². The summed E-state index contributed by atoms with van der Waals surface area (Å²) in [5.41, 5.74) is 3.20. The standard InChI is InChI=1S/C32H36N4O4/c1-20(2)17-27(35-32(39)30-21(3)24-10-5-7-13-29(24)40-30)31(38)34-26-12-8-16-36(19-28(26)37)18-23-15-14-22-9-4-6-11-25(22)33-23/h4-7,9-11,13-15,20,26-27H,8,12,16-19H2,1-3H3,(H,34,38)(H,35,39)/t26?,27-/m0/s1. The molecule has 1 saturated heterocycles. The number of ketones is 1. The number of Topliss-reactive ketones (excluding diaryl/α,β-unsaturated/α-hetero) is 1. The summed E-state index contributed by atoms with van der Waals surface area (Å²) < 4.78 is 5.81. The third-order valence-electron chi connectivity index (χ3n) is 7.47. The number of likely N-dealkylation sites (tertiary alicyclic amines) is 1. The van der Waals surface area contributed by atoms with Crippen molar-refractivity contribution in [1.29, 1.82) is 0 Å². The number of nitrogens with zero attached hydrogens (tertiary/aromatic N) is 2. The number of benzene rings is 2. The number of aryl methyl sites for hydroxylation is 1. The zero-order valence-electron chi connectivity index (χ0n) is 23.3. The highest BCUT2D eigenvalue weighted by molar-refractivity contribution is 6.01. The van der Waals surface area contributed by atoms with E-state index in [4.69, 9.17) is 9.40 Å². The number of nitrogens with one attached hydrogen (secondary N) is 2. The highest BCUT2D eigenvalue weighted by Gasteiger charge is 2.31. The van der Waals surface area contributed by atoms with Gasteiger partial charge in [-0.3, -0.25) is 24.3 Å². The zero-order valence-corrected chi connectivity index (χ0v) is 23.3. The van der Waals surface area contributed by atoms with E-state index in [1.807, 2.05) is 75.4 Å². The fourth-order valence-corrected chi connectivity index (χ4v) is 5.39. The van der Waals surface area contributed by atoms with Gasteiger partial charge in [-0.15, -0.1) is 0 Å². The van der Waals surface area contributed by atoms with Gasteiger partial charge in [-0.2, -0.15) is 0 Å². The Hall–Kier alpha value is -4.04. The summed E-state index contributed by atoms with van der Waals surface area (Å²) in [4.78, 5) is 46.6. The molecule has 2 aromatic heterocycles. The van der Waals surface area contributed by atoms with Gasteiger partial charge in [0.25, 0.3) is 5.91 Å². The molecule has 2 N–H and O–H groups in total. The molecule has 0 saturated carbocycles. The first-order valence-corrected chi connectivity index (χ1v) is 14.0. The second kappa shape index (κ2) is 12.0. The number of rotatable bonds is 8. The molecule has 4 aromatic rings. The van der Waals surface area contributed by atoms with Gasteiger partial charge in [0.15, 0.2) is 11.5 Å². The number of pyridine rings is 1. The maximum Gasteiger partial charge on any atom is 0.287 e. The summed E-state index contributed by atoms with van der Waals surface area (Å²) in [6, 6.07) is 18.1. The van der Waals surface area contributed by atoms with E-state index in [0.717, 1.165) is 40.5 Å². The van der Waals surface area contributed by atoms with Crippen molar-refractivity contribution in [3.63, 3.8) is 0 Å². The van der Waals surface area contributed by atoms with Crippen molar-refractivity contribution in [3.8, 4) is 0 Å². The van der Waals surface area contributed by atoms with Gasteiger partial charge in [0, 0.05) is 22.9 Å². The molecule has 8 nitrogen and oxygen atoms in total. The first-order valence-electron chi connectivity index (χ1n) is 14.0. The monoisotopic (exact) mass is 540 g/mol. The molecule has 208 valence electrons. The minimum absolute atomic E-state index is 0.0330. The molecule has 0 radical (unpaired) electrons. The lowest BCUT2D eigenvalue weighted by Gasteiger charge is -2.23. The number of hydrogen-bond donors (Lipinski definition) is 2. The number of carbonyl (C=O) groups excluding carboxylic acids is 3. The molecule has 2 amide bonds. The van der Waals surface area contributed by atoms with Crippen LogP contribution in [-0.2, 0) is 16.1 Å². The predicted octanol–water partition coefficient (Wildman–Crippen LogP) is 4.78. The van der Waals surface area contributed by atoms with E-state index in [1.54, 1.807) is 0 Å². The van der Waals surface area contributed by atoms with Gasteiger partial charge < -0.3 is 15.1 Å². The maximum absolute atomic E-state index is 13.4. The molecule has 0 bridgehead atoms. The second-order valence-electron chi connectivity index (χ2n) is 11.1. The molecule has 2 atom stereocenters. The molecule has 1 aliphatic rings. The molecule has 1 fully saturated rings. The molecule has 0 aliphatic carbocycles. The van der Waals surface area contributed by atoms with E-state index in [1.165, 1.54) is 0 Å². The smallest absolute Gasteiger partial charge is 0.287 e. The van der Waals surface area contributed by atoms with Crippen LogP contribution >= 0.6 is 0 Å². The highest BCUT2D eigenvalue weighted by atomic mass is 16.3. The van der Waals surface area contributed by atoms with Gasteiger partial charge in [0.1, 0.15) is 11.6 Å². The topological polar surface area (TPSA) is 105 Å². The van der Waals surface area contributed by atoms with Gasteiger partial charge in [-0.05, 0) is 56.8 Å². The quantitative estimate of drug-likeness (QED) is 0.333. The Kier molecular flexibility index (Phi) is 8.26. The Labute approximate surface area is 234 Å². The lowest BCUT2D eigenvalue weighted by Crippen LogP contribution is -2.52. The summed E-state index contributed by atoms with van der Waals surface area (Å²) >= 11 is 0. The largest absolute Gasteiger partial charge is 0.451 e. The van der Waals surface area contributed by atoms with E-state index in [2.05, 4.69) is 21.6 Å². The van der Waals surface area contributed by atoms with Crippen LogP contribution in [0.25, 0.3) is 21.9 Å². The molecular formula is C32H36N4O4. The zero-order chi connectivity index (χ0) is 28.2. The average molecular weight is 541 g/mol. The Morgan fingerprint density at radius 2 is 1.85 bits per heavy atom. The normalized spacial score (nSPS) is 17.2. The van der Waals surface area contributed by atoms with Crippen LogP contribution in [0.2, 0.25) is 0 Å². The van der Waals surface area contributed by atoms with E-state index in [0.29, 0.717) is 25.0 Å². The number of furan rings is 1. The van der Waals surface area contributed by atoms with E-state index < -0.39 is 18.0 Å². The second-order valence-corrected chi connectivity index (χ2v) is 11.1. The molecule has 1 unspecified atom stereocenters. The fraction of sp³-hybridized carbons (Fsp3) is 0.375. The number of amides is 2. The van der Waals surface area contributed by atoms with Crippen molar-refractivity contribution in [3.05, 3.63) is 77.7 Å². The van der Waals surface area contributed by atoms with Crippen molar-refractivity contribution >= 4 is 39.5 Å². The van der Waals surface area contributed by atoms with Crippen LogP contribution in [0.4, 0.5) is 0 Å². The first kappa shape index (κ1) is 27.5. The van der Waals surface area contributed by atoms with Crippen molar-refractivity contribution in [1.82, 2.24) is 20.5 Å². The Bertz CT molecular complexity index is 1540. The Balaban J connectivity index is 1.23. The van der Waals surface area contributed by atoms with Crippen LogP contribution in [0.5, 0.6) is 0 Å². The van der Waals surface area contributed by atoms with Crippen LogP contribution < -0.4 is 10.6 Å². The number of hydrogen-bond acceptors (Lipinski definition) is 6. The van der Waals surface area contributed by atoms with Gasteiger partial charge in [-0.25, -0.2) is 0 Å². The number of aromatic nitrogens is 1. The van der Waals surface area contributed by atoms with Crippen molar-refractivity contribution in [2.24, 2.45) is 5.92 Å². The lowest BCUT2D eigenvalue weighted by atomic mass is 10.0. The molecule has 0 spiro atoms. The Morgan fingerprint density at radius 1 is 1.07 bits per heavy atom. The van der Waals surface area contributed by atoms with Gasteiger partial charge in [-0.1, -0.05) is 56.3 Å². The van der Waals surface area contributed by atoms with E-state index in [-0.39, 0.29) is 29.9 Å². The molecule has 8 heteroatoms. The third-order valence-corrected chi connectivity index (χ3v) is 7.47. The molecule has 40 heavy (non-hydrogen) atoms. The predicted molar refractivity (Wildman–Crippen MR) is 155 cm³/mol. The van der Waals surface area contributed by atoms with Gasteiger partial charge >= 0.3 is 0 Å². The number of carbonyl (C=O) groups is 3. The molecular weight excluding hydrogens is 504 g/mol. The summed E-state index contributed by atoms with van der Waals surface area (Å²) in [7, 11) is 0. The van der Waals surface area contributed by atoms with Crippen LogP contribution in [-0.4, -0.2) is 52.7 Å². The third kappa shape index (κ3) is 6.23. The minimum atomic E-state index is -0.783. The SMILES string of the molecule is Cc1c(C(=O)N[C@@H](CC(C)C)C(=O)NC2CCCN(Cc3ccc4ccccc4n3)CC2=O)oc2ccccc12.